The second kappa shape index (κ2) is 7.09. The lowest BCUT2D eigenvalue weighted by Crippen LogP contribution is -2.38. The lowest BCUT2D eigenvalue weighted by atomic mass is 10.2. The molecule has 0 bridgehead atoms. The Labute approximate surface area is 129 Å². The van der Waals surface area contributed by atoms with Gasteiger partial charge in [-0.1, -0.05) is 24.6 Å². The number of aromatic amines is 1. The zero-order valence-electron chi connectivity index (χ0n) is 13.1. The predicted octanol–water partition coefficient (Wildman–Crippen LogP) is 1.20. The highest BCUT2D eigenvalue weighted by atomic mass is 16.2. The molecule has 3 N–H and O–H groups in total. The molecular weight excluding hydrogens is 280 g/mol. The Bertz CT molecular complexity index is 685. The minimum atomic E-state index is -0.285. The maximum Gasteiger partial charge on any atom is 0.271 e. The summed E-state index contributed by atoms with van der Waals surface area (Å²) in [7, 11) is 0. The third kappa shape index (κ3) is 3.85. The summed E-state index contributed by atoms with van der Waals surface area (Å²) in [6.07, 6.45) is 0. The van der Waals surface area contributed by atoms with Gasteiger partial charge in [-0.2, -0.15) is 0 Å². The summed E-state index contributed by atoms with van der Waals surface area (Å²) >= 11 is 0. The van der Waals surface area contributed by atoms with E-state index in [0.717, 1.165) is 12.1 Å². The number of hydrogen-bond acceptors (Lipinski definition) is 3. The first-order valence-corrected chi connectivity index (χ1v) is 7.42. The van der Waals surface area contributed by atoms with Crippen molar-refractivity contribution in [2.45, 2.75) is 26.8 Å². The highest BCUT2D eigenvalue weighted by Gasteiger charge is 2.12. The van der Waals surface area contributed by atoms with E-state index >= 15 is 0 Å². The van der Waals surface area contributed by atoms with E-state index < -0.39 is 0 Å². The Morgan fingerprint density at radius 1 is 1.32 bits per heavy atom. The van der Waals surface area contributed by atoms with Crippen LogP contribution in [0.3, 0.4) is 0 Å². The maximum atomic E-state index is 12.1. The van der Waals surface area contributed by atoms with E-state index in [1.807, 2.05) is 45.0 Å². The van der Waals surface area contributed by atoms with E-state index in [0.29, 0.717) is 12.2 Å². The molecule has 0 unspecified atom stereocenters. The lowest BCUT2D eigenvalue weighted by Gasteiger charge is -2.12. The van der Waals surface area contributed by atoms with Crippen molar-refractivity contribution in [3.8, 4) is 5.69 Å². The van der Waals surface area contributed by atoms with E-state index in [1.54, 1.807) is 0 Å². The van der Waals surface area contributed by atoms with Crippen LogP contribution in [0.25, 0.3) is 5.69 Å². The van der Waals surface area contributed by atoms with Crippen LogP contribution in [0.1, 0.15) is 29.9 Å². The molecule has 1 aromatic heterocycles. The lowest BCUT2D eigenvalue weighted by molar-refractivity contribution is 0.0945. The molecule has 22 heavy (non-hydrogen) atoms. The molecular formula is C16H22N4O2. The van der Waals surface area contributed by atoms with Crippen LogP contribution in [-0.4, -0.2) is 34.8 Å². The minimum absolute atomic E-state index is 0.180. The highest BCUT2D eigenvalue weighted by Crippen LogP contribution is 2.06. The standard InChI is InChI=1S/C16H22N4O2/c1-4-17-12(3)10-18-16(22)14-9-15(21)20(19-14)13-7-5-11(2)6-8-13/h5-9,12,17,19H,4,10H2,1-3H3,(H,18,22)/t12-/m1/s1. The number of aromatic nitrogens is 2. The summed E-state index contributed by atoms with van der Waals surface area (Å²) in [4.78, 5) is 24.1. The van der Waals surface area contributed by atoms with E-state index in [4.69, 9.17) is 0 Å². The van der Waals surface area contributed by atoms with E-state index in [2.05, 4.69) is 15.7 Å². The highest BCUT2D eigenvalue weighted by molar-refractivity contribution is 5.92. The monoisotopic (exact) mass is 302 g/mol. The Hall–Kier alpha value is -2.34. The first kappa shape index (κ1) is 16.0. The normalized spacial score (nSPS) is 12.1. The Morgan fingerprint density at radius 2 is 2.00 bits per heavy atom. The Kier molecular flexibility index (Phi) is 5.16. The molecule has 0 aliphatic rings. The molecule has 0 fully saturated rings. The second-order valence-corrected chi connectivity index (χ2v) is 5.35. The summed E-state index contributed by atoms with van der Waals surface area (Å²) in [5, 5.41) is 8.85. The van der Waals surface area contributed by atoms with Gasteiger partial charge in [-0.3, -0.25) is 14.7 Å². The summed E-state index contributed by atoms with van der Waals surface area (Å²) in [6, 6.07) is 9.00. The number of nitrogens with one attached hydrogen (secondary N) is 3. The first-order valence-electron chi connectivity index (χ1n) is 7.42. The fourth-order valence-electron chi connectivity index (χ4n) is 2.16. The largest absolute Gasteiger partial charge is 0.349 e. The van der Waals surface area contributed by atoms with Gasteiger partial charge in [-0.25, -0.2) is 4.68 Å². The first-order chi connectivity index (χ1) is 10.5. The Balaban J connectivity index is 2.10. The molecule has 0 aliphatic carbocycles. The molecule has 2 rings (SSSR count). The molecule has 0 saturated carbocycles. The van der Waals surface area contributed by atoms with E-state index in [9.17, 15) is 9.59 Å². The average Bonchev–Trinajstić information content (AvgIpc) is 2.88. The average molecular weight is 302 g/mol. The number of H-pyrrole nitrogens is 1. The van der Waals surface area contributed by atoms with Gasteiger partial charge in [-0.15, -0.1) is 0 Å². The number of likely N-dealkylation sites (N-methyl/N-ethyl adjacent to an activating group) is 1. The zero-order valence-corrected chi connectivity index (χ0v) is 13.1. The SMILES string of the molecule is CCN[C@H](C)CNC(=O)c1cc(=O)n(-c2ccc(C)cc2)[nH]1. The molecule has 118 valence electrons. The molecule has 1 atom stereocenters. The number of nitrogens with zero attached hydrogens (tertiary/aromatic N) is 1. The fraction of sp³-hybridized carbons (Fsp3) is 0.375. The van der Waals surface area contributed by atoms with E-state index in [1.165, 1.54) is 10.7 Å². The van der Waals surface area contributed by atoms with Gasteiger partial charge < -0.3 is 10.6 Å². The molecule has 2 aromatic rings. The third-order valence-corrected chi connectivity index (χ3v) is 3.38. The molecule has 6 heteroatoms. The van der Waals surface area contributed by atoms with Crippen molar-refractivity contribution < 1.29 is 4.79 Å². The number of hydrogen-bond donors (Lipinski definition) is 3. The van der Waals surface area contributed by atoms with Crippen LogP contribution in [0.15, 0.2) is 35.1 Å². The van der Waals surface area contributed by atoms with Crippen LogP contribution >= 0.6 is 0 Å². The van der Waals surface area contributed by atoms with Crippen molar-refractivity contribution in [1.82, 2.24) is 20.4 Å². The third-order valence-electron chi connectivity index (χ3n) is 3.38. The molecule has 0 radical (unpaired) electrons. The number of carbonyl (C=O) groups excluding carboxylic acids is 1. The van der Waals surface area contributed by atoms with Crippen molar-refractivity contribution in [2.75, 3.05) is 13.1 Å². The molecule has 0 saturated heterocycles. The zero-order chi connectivity index (χ0) is 16.1. The summed E-state index contributed by atoms with van der Waals surface area (Å²) in [5.41, 5.74) is 1.82. The van der Waals surface area contributed by atoms with Crippen LogP contribution in [0.2, 0.25) is 0 Å². The maximum absolute atomic E-state index is 12.1. The van der Waals surface area contributed by atoms with Crippen molar-refractivity contribution >= 4 is 5.91 Å². The van der Waals surface area contributed by atoms with Crippen LogP contribution in [0.5, 0.6) is 0 Å². The Morgan fingerprint density at radius 3 is 2.64 bits per heavy atom. The second-order valence-electron chi connectivity index (χ2n) is 5.35. The van der Waals surface area contributed by atoms with Gasteiger partial charge in [0.1, 0.15) is 5.69 Å². The van der Waals surface area contributed by atoms with Crippen molar-refractivity contribution in [1.29, 1.82) is 0 Å². The topological polar surface area (TPSA) is 78.9 Å². The molecule has 1 heterocycles. The quantitative estimate of drug-likeness (QED) is 0.750. The van der Waals surface area contributed by atoms with Gasteiger partial charge >= 0.3 is 0 Å². The van der Waals surface area contributed by atoms with Gasteiger partial charge in [0.05, 0.1) is 5.69 Å². The van der Waals surface area contributed by atoms with Gasteiger partial charge in [0.25, 0.3) is 11.5 Å². The summed E-state index contributed by atoms with van der Waals surface area (Å²) in [5.74, 6) is -0.285. The molecule has 1 aromatic carbocycles. The summed E-state index contributed by atoms with van der Waals surface area (Å²) < 4.78 is 1.36. The van der Waals surface area contributed by atoms with Crippen molar-refractivity contribution in [3.63, 3.8) is 0 Å². The van der Waals surface area contributed by atoms with Crippen molar-refractivity contribution in [3.05, 3.63) is 51.9 Å². The molecule has 6 nitrogen and oxygen atoms in total. The molecule has 0 spiro atoms. The van der Waals surface area contributed by atoms with Crippen LogP contribution in [-0.2, 0) is 0 Å². The predicted molar refractivity (Wildman–Crippen MR) is 86.6 cm³/mol. The minimum Gasteiger partial charge on any atom is -0.349 e. The molecule has 0 aliphatic heterocycles. The van der Waals surface area contributed by atoms with E-state index in [-0.39, 0.29) is 23.2 Å². The smallest absolute Gasteiger partial charge is 0.271 e. The summed E-state index contributed by atoms with van der Waals surface area (Å²) in [6.45, 7) is 7.33. The number of carbonyl (C=O) groups is 1. The van der Waals surface area contributed by atoms with Crippen LogP contribution < -0.4 is 16.2 Å². The van der Waals surface area contributed by atoms with Gasteiger partial charge in [0, 0.05) is 18.7 Å². The van der Waals surface area contributed by atoms with Gasteiger partial charge in [0.15, 0.2) is 0 Å². The fourth-order valence-corrected chi connectivity index (χ4v) is 2.16. The number of amides is 1. The molecule has 1 amide bonds. The number of rotatable bonds is 6. The van der Waals surface area contributed by atoms with Gasteiger partial charge in [-0.05, 0) is 32.5 Å². The number of aryl methyl sites for hydroxylation is 1. The van der Waals surface area contributed by atoms with Crippen LogP contribution in [0, 0.1) is 6.92 Å². The van der Waals surface area contributed by atoms with Crippen molar-refractivity contribution in [2.24, 2.45) is 0 Å². The van der Waals surface area contributed by atoms with Gasteiger partial charge in [0.2, 0.25) is 0 Å². The number of benzene rings is 1. The van der Waals surface area contributed by atoms with Crippen LogP contribution in [0.4, 0.5) is 0 Å².